The van der Waals surface area contributed by atoms with Crippen molar-refractivity contribution >= 4 is 22.5 Å². The summed E-state index contributed by atoms with van der Waals surface area (Å²) in [6, 6.07) is 16.2. The number of benzene rings is 1. The molecule has 0 N–H and O–H groups in total. The molecule has 82 valence electrons. The van der Waals surface area contributed by atoms with Crippen LogP contribution >= 0.6 is 11.8 Å². The zero-order valence-corrected chi connectivity index (χ0v) is 9.89. The van der Waals surface area contributed by atoms with Crippen LogP contribution in [0.3, 0.4) is 0 Å². The summed E-state index contributed by atoms with van der Waals surface area (Å²) in [5.41, 5.74) is 0. The lowest BCUT2D eigenvalue weighted by atomic mass is 10.2. The molecular formula is C14H10N2S. The Hall–Kier alpha value is -1.87. The molecule has 3 heteroatoms. The molecule has 0 amide bonds. The lowest BCUT2D eigenvalue weighted by molar-refractivity contribution is 1.11. The number of hydrogen-bond acceptors (Lipinski definition) is 3. The molecular weight excluding hydrogens is 228 g/mol. The van der Waals surface area contributed by atoms with Crippen LogP contribution in [-0.4, -0.2) is 9.97 Å². The summed E-state index contributed by atoms with van der Waals surface area (Å²) in [4.78, 5) is 8.73. The molecule has 0 aliphatic heterocycles. The van der Waals surface area contributed by atoms with E-state index in [1.165, 1.54) is 10.8 Å². The molecule has 2 aromatic heterocycles. The number of pyridine rings is 2. The van der Waals surface area contributed by atoms with E-state index in [1.54, 1.807) is 18.0 Å². The molecule has 3 aromatic rings. The predicted octanol–water partition coefficient (Wildman–Crippen LogP) is 3.78. The van der Waals surface area contributed by atoms with Crippen LogP contribution in [0, 0.1) is 0 Å². The van der Waals surface area contributed by atoms with Gasteiger partial charge in [-0.25, -0.2) is 9.97 Å². The molecule has 0 saturated heterocycles. The van der Waals surface area contributed by atoms with Crippen LogP contribution in [0.5, 0.6) is 0 Å². The fourth-order valence-corrected chi connectivity index (χ4v) is 2.55. The molecule has 0 fully saturated rings. The Morgan fingerprint density at radius 3 is 2.53 bits per heavy atom. The van der Waals surface area contributed by atoms with Gasteiger partial charge >= 0.3 is 0 Å². The van der Waals surface area contributed by atoms with Crippen molar-refractivity contribution in [1.29, 1.82) is 0 Å². The summed E-state index contributed by atoms with van der Waals surface area (Å²) in [7, 11) is 0. The van der Waals surface area contributed by atoms with E-state index in [-0.39, 0.29) is 0 Å². The number of nitrogens with zero attached hydrogens (tertiary/aromatic N) is 2. The maximum absolute atomic E-state index is 4.43. The predicted molar refractivity (Wildman–Crippen MR) is 70.1 cm³/mol. The van der Waals surface area contributed by atoms with Crippen molar-refractivity contribution in [1.82, 2.24) is 9.97 Å². The van der Waals surface area contributed by atoms with Gasteiger partial charge in [0.25, 0.3) is 0 Å². The Bertz CT molecular complexity index is 633. The first-order chi connectivity index (χ1) is 8.43. The van der Waals surface area contributed by atoms with Gasteiger partial charge in [0.05, 0.1) is 0 Å². The van der Waals surface area contributed by atoms with Crippen molar-refractivity contribution in [2.24, 2.45) is 0 Å². The Balaban J connectivity index is 2.06. The molecule has 2 heterocycles. The second kappa shape index (κ2) is 4.55. The zero-order chi connectivity index (χ0) is 11.5. The van der Waals surface area contributed by atoms with Crippen LogP contribution in [-0.2, 0) is 0 Å². The second-order valence-electron chi connectivity index (χ2n) is 3.61. The van der Waals surface area contributed by atoms with E-state index in [4.69, 9.17) is 0 Å². The largest absolute Gasteiger partial charge is 0.250 e. The van der Waals surface area contributed by atoms with E-state index in [2.05, 4.69) is 22.1 Å². The van der Waals surface area contributed by atoms with E-state index in [9.17, 15) is 0 Å². The topological polar surface area (TPSA) is 25.8 Å². The van der Waals surface area contributed by atoms with E-state index in [0.717, 1.165) is 10.1 Å². The van der Waals surface area contributed by atoms with E-state index < -0.39 is 0 Å². The van der Waals surface area contributed by atoms with Gasteiger partial charge in [-0.3, -0.25) is 0 Å². The monoisotopic (exact) mass is 238 g/mol. The summed E-state index contributed by atoms with van der Waals surface area (Å²) in [5, 5.41) is 4.35. The smallest absolute Gasteiger partial charge is 0.110 e. The molecule has 1 aromatic carbocycles. The van der Waals surface area contributed by atoms with E-state index in [0.29, 0.717) is 0 Å². The van der Waals surface area contributed by atoms with Gasteiger partial charge in [0.15, 0.2) is 0 Å². The minimum atomic E-state index is 0.969. The van der Waals surface area contributed by atoms with Crippen LogP contribution in [0.25, 0.3) is 10.8 Å². The lowest BCUT2D eigenvalue weighted by Crippen LogP contribution is -1.84. The van der Waals surface area contributed by atoms with Crippen LogP contribution in [0.2, 0.25) is 0 Å². The average Bonchev–Trinajstić information content (AvgIpc) is 2.40. The third-order valence-electron chi connectivity index (χ3n) is 2.48. The highest BCUT2D eigenvalue weighted by atomic mass is 32.2. The normalized spacial score (nSPS) is 10.6. The Morgan fingerprint density at radius 1 is 0.765 bits per heavy atom. The molecule has 0 bridgehead atoms. The highest BCUT2D eigenvalue weighted by Crippen LogP contribution is 2.29. The van der Waals surface area contributed by atoms with Crippen molar-refractivity contribution in [2.75, 3.05) is 0 Å². The van der Waals surface area contributed by atoms with Gasteiger partial charge in [-0.15, -0.1) is 0 Å². The third kappa shape index (κ3) is 2.15. The van der Waals surface area contributed by atoms with E-state index >= 15 is 0 Å². The van der Waals surface area contributed by atoms with Gasteiger partial charge in [-0.05, 0) is 35.3 Å². The van der Waals surface area contributed by atoms with Crippen LogP contribution in [0.15, 0.2) is 71.0 Å². The third-order valence-corrected chi connectivity index (χ3v) is 3.45. The quantitative estimate of drug-likeness (QED) is 0.679. The van der Waals surface area contributed by atoms with Crippen molar-refractivity contribution in [3.05, 3.63) is 60.9 Å². The number of rotatable bonds is 2. The lowest BCUT2D eigenvalue weighted by Gasteiger charge is -2.03. The fourth-order valence-electron chi connectivity index (χ4n) is 1.68. The standard InChI is InChI=1S/C14H10N2S/c1-2-6-12-11(5-1)8-10-16-14(12)17-13-7-3-4-9-15-13/h1-10H. The van der Waals surface area contributed by atoms with Gasteiger partial charge in [0.1, 0.15) is 10.1 Å². The van der Waals surface area contributed by atoms with Crippen LogP contribution in [0.4, 0.5) is 0 Å². The van der Waals surface area contributed by atoms with E-state index in [1.807, 2.05) is 42.6 Å². The summed E-state index contributed by atoms with van der Waals surface area (Å²) >= 11 is 1.59. The number of hydrogen-bond donors (Lipinski definition) is 0. The Kier molecular flexibility index (Phi) is 2.76. The van der Waals surface area contributed by atoms with Crippen LogP contribution in [0.1, 0.15) is 0 Å². The first-order valence-electron chi connectivity index (χ1n) is 5.36. The number of aromatic nitrogens is 2. The molecule has 0 spiro atoms. The minimum Gasteiger partial charge on any atom is -0.250 e. The average molecular weight is 238 g/mol. The molecule has 2 nitrogen and oxygen atoms in total. The molecule has 3 rings (SSSR count). The summed E-state index contributed by atoms with van der Waals surface area (Å²) in [6.07, 6.45) is 3.64. The van der Waals surface area contributed by atoms with Gasteiger partial charge < -0.3 is 0 Å². The van der Waals surface area contributed by atoms with Crippen molar-refractivity contribution in [2.45, 2.75) is 10.1 Å². The van der Waals surface area contributed by atoms with Gasteiger partial charge in [-0.2, -0.15) is 0 Å². The molecule has 17 heavy (non-hydrogen) atoms. The Morgan fingerprint density at radius 2 is 1.65 bits per heavy atom. The number of fused-ring (bicyclic) bond motifs is 1. The summed E-state index contributed by atoms with van der Waals surface area (Å²) in [5.74, 6) is 0. The molecule has 0 radical (unpaired) electrons. The molecule has 0 unspecified atom stereocenters. The summed E-state index contributed by atoms with van der Waals surface area (Å²) < 4.78 is 0. The highest BCUT2D eigenvalue weighted by molar-refractivity contribution is 7.99. The molecule has 0 atom stereocenters. The highest BCUT2D eigenvalue weighted by Gasteiger charge is 2.04. The van der Waals surface area contributed by atoms with Gasteiger partial charge in [0, 0.05) is 17.8 Å². The molecule has 0 saturated carbocycles. The summed E-state index contributed by atoms with van der Waals surface area (Å²) in [6.45, 7) is 0. The fraction of sp³-hybridized carbons (Fsp3) is 0. The maximum atomic E-state index is 4.43. The van der Waals surface area contributed by atoms with Crippen molar-refractivity contribution in [3.63, 3.8) is 0 Å². The van der Waals surface area contributed by atoms with Crippen molar-refractivity contribution < 1.29 is 0 Å². The molecule has 0 aliphatic rings. The minimum absolute atomic E-state index is 0.969. The van der Waals surface area contributed by atoms with Crippen LogP contribution < -0.4 is 0 Å². The first-order valence-corrected chi connectivity index (χ1v) is 6.18. The maximum Gasteiger partial charge on any atom is 0.110 e. The first kappa shape index (κ1) is 10.3. The molecule has 0 aliphatic carbocycles. The SMILES string of the molecule is c1ccc(Sc2nccc3ccccc23)nc1. The van der Waals surface area contributed by atoms with Gasteiger partial charge in [-0.1, -0.05) is 30.3 Å². The second-order valence-corrected chi connectivity index (χ2v) is 4.62. The zero-order valence-electron chi connectivity index (χ0n) is 9.08. The van der Waals surface area contributed by atoms with Crippen molar-refractivity contribution in [3.8, 4) is 0 Å². The van der Waals surface area contributed by atoms with Gasteiger partial charge in [0.2, 0.25) is 0 Å². The Labute approximate surface area is 104 Å².